The van der Waals surface area contributed by atoms with E-state index in [0.29, 0.717) is 17.1 Å². The molecule has 17 heavy (non-hydrogen) atoms. The van der Waals surface area contributed by atoms with Gasteiger partial charge in [0.2, 0.25) is 8.32 Å². The Morgan fingerprint density at radius 3 is 2.29 bits per heavy atom. The predicted octanol–water partition coefficient (Wildman–Crippen LogP) is 3.87. The minimum absolute atomic E-state index is 0.0298. The molecular formula is C12H17BrO3Si. The monoisotopic (exact) mass is 316 g/mol. The Kier molecular flexibility index (Phi) is 4.38. The molecule has 3 nitrogen and oxygen atoms in total. The summed E-state index contributed by atoms with van der Waals surface area (Å²) in [6.45, 7) is 7.73. The number of carbonyl (C=O) groups is 1. The van der Waals surface area contributed by atoms with Crippen LogP contribution in [0, 0.1) is 0 Å². The lowest BCUT2D eigenvalue weighted by molar-refractivity contribution is 0.101. The first-order chi connectivity index (χ1) is 7.74. The summed E-state index contributed by atoms with van der Waals surface area (Å²) in [6.07, 6.45) is 0. The summed E-state index contributed by atoms with van der Waals surface area (Å²) in [5.41, 5.74) is 0.554. The van der Waals surface area contributed by atoms with Gasteiger partial charge in [-0.1, -0.05) is 15.9 Å². The van der Waals surface area contributed by atoms with Crippen molar-refractivity contribution >= 4 is 30.0 Å². The van der Waals surface area contributed by atoms with Gasteiger partial charge in [0, 0.05) is 4.47 Å². The van der Waals surface area contributed by atoms with Crippen molar-refractivity contribution in [2.45, 2.75) is 26.6 Å². The van der Waals surface area contributed by atoms with E-state index in [-0.39, 0.29) is 5.78 Å². The Hall–Kier alpha value is -0.813. The first kappa shape index (κ1) is 14.2. The molecule has 0 aromatic heterocycles. The van der Waals surface area contributed by atoms with Crippen LogP contribution in [-0.4, -0.2) is 21.2 Å². The third kappa shape index (κ3) is 3.85. The van der Waals surface area contributed by atoms with Crippen LogP contribution in [0.3, 0.4) is 0 Å². The maximum atomic E-state index is 11.6. The standard InChI is InChI=1S/C12H17BrO3Si/c1-8(14)10-6-9(13)7-11(15-2)12(10)16-17(3,4)5/h6-7H,1-5H3. The van der Waals surface area contributed by atoms with Crippen molar-refractivity contribution in [2.24, 2.45) is 0 Å². The van der Waals surface area contributed by atoms with Gasteiger partial charge in [0.15, 0.2) is 17.3 Å². The summed E-state index contributed by atoms with van der Waals surface area (Å²) in [4.78, 5) is 11.6. The highest BCUT2D eigenvalue weighted by Crippen LogP contribution is 2.36. The largest absolute Gasteiger partial charge is 0.541 e. The van der Waals surface area contributed by atoms with E-state index in [0.717, 1.165) is 4.47 Å². The average Bonchev–Trinajstić information content (AvgIpc) is 2.17. The number of carbonyl (C=O) groups excluding carboxylic acids is 1. The molecule has 0 amide bonds. The van der Waals surface area contributed by atoms with Crippen LogP contribution in [0.4, 0.5) is 0 Å². The van der Waals surface area contributed by atoms with Crippen LogP contribution < -0.4 is 9.16 Å². The number of ketones is 1. The van der Waals surface area contributed by atoms with Crippen LogP contribution in [0.25, 0.3) is 0 Å². The van der Waals surface area contributed by atoms with Crippen molar-refractivity contribution < 1.29 is 14.0 Å². The Morgan fingerprint density at radius 2 is 1.88 bits per heavy atom. The van der Waals surface area contributed by atoms with Crippen molar-refractivity contribution in [3.05, 3.63) is 22.2 Å². The fourth-order valence-electron chi connectivity index (χ4n) is 1.39. The smallest absolute Gasteiger partial charge is 0.242 e. The normalized spacial score (nSPS) is 11.2. The first-order valence-corrected chi connectivity index (χ1v) is 9.52. The Bertz CT molecular complexity index is 438. The molecule has 1 rings (SSSR count). The van der Waals surface area contributed by atoms with E-state index in [1.807, 2.05) is 6.07 Å². The second kappa shape index (κ2) is 5.22. The van der Waals surface area contributed by atoms with Crippen molar-refractivity contribution in [2.75, 3.05) is 7.11 Å². The van der Waals surface area contributed by atoms with E-state index < -0.39 is 8.32 Å². The zero-order valence-corrected chi connectivity index (χ0v) is 13.3. The van der Waals surface area contributed by atoms with Crippen LogP contribution in [-0.2, 0) is 0 Å². The maximum Gasteiger partial charge on any atom is 0.242 e. The van der Waals surface area contributed by atoms with Gasteiger partial charge in [0.05, 0.1) is 12.7 Å². The molecule has 1 aromatic rings. The SMILES string of the molecule is COc1cc(Br)cc(C(C)=O)c1O[Si](C)(C)C. The summed E-state index contributed by atoms with van der Waals surface area (Å²) in [6, 6.07) is 3.57. The zero-order chi connectivity index (χ0) is 13.2. The molecule has 0 aliphatic heterocycles. The molecule has 0 aliphatic rings. The molecule has 0 saturated carbocycles. The van der Waals surface area contributed by atoms with Crippen molar-refractivity contribution in [1.82, 2.24) is 0 Å². The van der Waals surface area contributed by atoms with Crippen LogP contribution >= 0.6 is 15.9 Å². The Balaban J connectivity index is 3.37. The van der Waals surface area contributed by atoms with Gasteiger partial charge in [-0.25, -0.2) is 0 Å². The van der Waals surface area contributed by atoms with Gasteiger partial charge in [-0.2, -0.15) is 0 Å². The first-order valence-electron chi connectivity index (χ1n) is 5.32. The van der Waals surface area contributed by atoms with Gasteiger partial charge in [0.25, 0.3) is 0 Å². The summed E-state index contributed by atoms with van der Waals surface area (Å²) >= 11 is 3.36. The molecule has 0 saturated heterocycles. The van der Waals surface area contributed by atoms with E-state index >= 15 is 0 Å². The lowest BCUT2D eigenvalue weighted by Gasteiger charge is -2.23. The quantitative estimate of drug-likeness (QED) is 0.624. The molecule has 0 radical (unpaired) electrons. The molecule has 0 heterocycles. The summed E-state index contributed by atoms with van der Waals surface area (Å²) in [5.74, 6) is 1.12. The number of methoxy groups -OCH3 is 1. The second-order valence-electron chi connectivity index (χ2n) is 4.76. The molecule has 5 heteroatoms. The lowest BCUT2D eigenvalue weighted by Crippen LogP contribution is -2.30. The molecule has 0 N–H and O–H groups in total. The number of halogens is 1. The Morgan fingerprint density at radius 1 is 1.29 bits per heavy atom. The summed E-state index contributed by atoms with van der Waals surface area (Å²) in [5, 5.41) is 0. The lowest BCUT2D eigenvalue weighted by atomic mass is 10.1. The van der Waals surface area contributed by atoms with Gasteiger partial charge in [-0.05, 0) is 38.7 Å². The highest BCUT2D eigenvalue weighted by molar-refractivity contribution is 9.10. The van der Waals surface area contributed by atoms with Crippen LogP contribution in [0.15, 0.2) is 16.6 Å². The van der Waals surface area contributed by atoms with Gasteiger partial charge in [-0.3, -0.25) is 4.79 Å². The molecule has 0 atom stereocenters. The number of benzene rings is 1. The topological polar surface area (TPSA) is 35.5 Å². The van der Waals surface area contributed by atoms with Gasteiger partial charge >= 0.3 is 0 Å². The molecule has 0 aliphatic carbocycles. The van der Waals surface area contributed by atoms with E-state index in [2.05, 4.69) is 35.6 Å². The number of Topliss-reactive ketones (excluding diaryl/α,β-unsaturated/α-hetero) is 1. The molecular weight excluding hydrogens is 300 g/mol. The van der Waals surface area contributed by atoms with Crippen molar-refractivity contribution in [3.8, 4) is 11.5 Å². The fraction of sp³-hybridized carbons (Fsp3) is 0.417. The maximum absolute atomic E-state index is 11.6. The number of ether oxygens (including phenoxy) is 1. The minimum Gasteiger partial charge on any atom is -0.541 e. The third-order valence-electron chi connectivity index (χ3n) is 2.03. The number of hydrogen-bond donors (Lipinski definition) is 0. The number of rotatable bonds is 4. The van der Waals surface area contributed by atoms with E-state index in [1.54, 1.807) is 13.2 Å². The molecule has 94 valence electrons. The fourth-order valence-corrected chi connectivity index (χ4v) is 2.65. The Labute approximate surface area is 111 Å². The summed E-state index contributed by atoms with van der Waals surface area (Å²) < 4.78 is 12.0. The van der Waals surface area contributed by atoms with Crippen LogP contribution in [0.1, 0.15) is 17.3 Å². The van der Waals surface area contributed by atoms with Crippen LogP contribution in [0.5, 0.6) is 11.5 Å². The third-order valence-corrected chi connectivity index (χ3v) is 3.30. The zero-order valence-electron chi connectivity index (χ0n) is 10.8. The van der Waals surface area contributed by atoms with E-state index in [1.165, 1.54) is 6.92 Å². The van der Waals surface area contributed by atoms with Crippen molar-refractivity contribution in [1.29, 1.82) is 0 Å². The number of hydrogen-bond acceptors (Lipinski definition) is 3. The van der Waals surface area contributed by atoms with Gasteiger partial charge in [0.1, 0.15) is 0 Å². The molecule has 0 fully saturated rings. The van der Waals surface area contributed by atoms with Gasteiger partial charge in [-0.15, -0.1) is 0 Å². The molecule has 1 aromatic carbocycles. The van der Waals surface area contributed by atoms with Gasteiger partial charge < -0.3 is 9.16 Å². The predicted molar refractivity (Wildman–Crippen MR) is 74.7 cm³/mol. The highest BCUT2D eigenvalue weighted by Gasteiger charge is 2.23. The summed E-state index contributed by atoms with van der Waals surface area (Å²) in [7, 11) is -0.216. The average molecular weight is 317 g/mol. The second-order valence-corrected chi connectivity index (χ2v) is 10.1. The molecule has 0 spiro atoms. The van der Waals surface area contributed by atoms with Crippen LogP contribution in [0.2, 0.25) is 19.6 Å². The van der Waals surface area contributed by atoms with Crippen molar-refractivity contribution in [3.63, 3.8) is 0 Å². The highest BCUT2D eigenvalue weighted by atomic mass is 79.9. The minimum atomic E-state index is -1.79. The molecule has 0 bridgehead atoms. The van der Waals surface area contributed by atoms with E-state index in [4.69, 9.17) is 9.16 Å². The molecule has 0 unspecified atom stereocenters. The van der Waals surface area contributed by atoms with E-state index in [9.17, 15) is 4.79 Å².